The first-order chi connectivity index (χ1) is 6.15. The highest BCUT2D eigenvalue weighted by atomic mass is 16.2. The minimum atomic E-state index is 0.128. The van der Waals surface area contributed by atoms with E-state index < -0.39 is 0 Å². The summed E-state index contributed by atoms with van der Waals surface area (Å²) in [6.45, 7) is 4.84. The summed E-state index contributed by atoms with van der Waals surface area (Å²) < 4.78 is 0. The Labute approximate surface area is 80.1 Å². The number of hydrogen-bond donors (Lipinski definition) is 2. The van der Waals surface area contributed by atoms with Crippen LogP contribution in [0.2, 0.25) is 0 Å². The molecule has 0 aliphatic heterocycles. The van der Waals surface area contributed by atoms with Crippen LogP contribution in [0.15, 0.2) is 0 Å². The van der Waals surface area contributed by atoms with Crippen molar-refractivity contribution in [3.8, 4) is 0 Å². The van der Waals surface area contributed by atoms with E-state index in [1.165, 1.54) is 0 Å². The van der Waals surface area contributed by atoms with E-state index in [-0.39, 0.29) is 17.9 Å². The van der Waals surface area contributed by atoms with Gasteiger partial charge in [-0.2, -0.15) is 0 Å². The fraction of sp³-hybridized carbons (Fsp3) is 0.900. The highest BCUT2D eigenvalue weighted by Crippen LogP contribution is 2.37. The fourth-order valence-electron chi connectivity index (χ4n) is 1.52. The van der Waals surface area contributed by atoms with Gasteiger partial charge < -0.3 is 11.1 Å². The average Bonchev–Trinajstić information content (AvgIpc) is 2.79. The third kappa shape index (κ3) is 3.35. The molecule has 0 aromatic carbocycles. The molecule has 0 heterocycles. The maximum absolute atomic E-state index is 11.4. The van der Waals surface area contributed by atoms with E-state index in [4.69, 9.17) is 5.73 Å². The Kier molecular flexibility index (Phi) is 3.72. The normalized spacial score (nSPS) is 28.2. The molecule has 0 spiro atoms. The molecule has 1 aliphatic carbocycles. The molecule has 3 atom stereocenters. The minimum Gasteiger partial charge on any atom is -0.354 e. The lowest BCUT2D eigenvalue weighted by Crippen LogP contribution is -2.37. The first-order valence-corrected chi connectivity index (χ1v) is 5.18. The van der Waals surface area contributed by atoms with E-state index in [0.29, 0.717) is 12.5 Å². The molecule has 1 fully saturated rings. The zero-order chi connectivity index (χ0) is 9.84. The lowest BCUT2D eigenvalue weighted by molar-refractivity contribution is -0.122. The Balaban J connectivity index is 2.08. The highest BCUT2D eigenvalue weighted by Gasteiger charge is 2.38. The van der Waals surface area contributed by atoms with Gasteiger partial charge in [0.2, 0.25) is 5.91 Å². The smallest absolute Gasteiger partial charge is 0.223 e. The van der Waals surface area contributed by atoms with Crippen molar-refractivity contribution in [2.24, 2.45) is 17.6 Å². The minimum absolute atomic E-state index is 0.128. The van der Waals surface area contributed by atoms with Crippen molar-refractivity contribution in [2.45, 2.75) is 39.2 Å². The van der Waals surface area contributed by atoms with E-state index >= 15 is 0 Å². The number of carbonyl (C=O) groups excluding carboxylic acids is 1. The van der Waals surface area contributed by atoms with Gasteiger partial charge in [-0.3, -0.25) is 4.79 Å². The molecular formula is C10H20N2O. The maximum atomic E-state index is 11.4. The van der Waals surface area contributed by atoms with Gasteiger partial charge in [0.05, 0.1) is 0 Å². The summed E-state index contributed by atoms with van der Waals surface area (Å²) in [5.74, 6) is 1.05. The summed E-state index contributed by atoms with van der Waals surface area (Å²) in [6, 6.07) is 0.128. The molecule has 0 aromatic heterocycles. The third-order valence-electron chi connectivity index (χ3n) is 2.64. The van der Waals surface area contributed by atoms with E-state index in [9.17, 15) is 4.79 Å². The molecule has 76 valence electrons. The summed E-state index contributed by atoms with van der Waals surface area (Å²) in [4.78, 5) is 11.4. The van der Waals surface area contributed by atoms with Gasteiger partial charge in [0, 0.05) is 18.5 Å². The van der Waals surface area contributed by atoms with Crippen LogP contribution in [0.25, 0.3) is 0 Å². The molecular weight excluding hydrogens is 164 g/mol. The van der Waals surface area contributed by atoms with Crippen molar-refractivity contribution in [1.82, 2.24) is 5.32 Å². The van der Waals surface area contributed by atoms with Crippen LogP contribution in [0.4, 0.5) is 0 Å². The largest absolute Gasteiger partial charge is 0.354 e. The van der Waals surface area contributed by atoms with Crippen LogP contribution in [0.1, 0.15) is 33.1 Å². The number of amides is 1. The number of nitrogens with one attached hydrogen (secondary N) is 1. The lowest BCUT2D eigenvalue weighted by Gasteiger charge is -2.11. The highest BCUT2D eigenvalue weighted by molar-refractivity contribution is 5.81. The summed E-state index contributed by atoms with van der Waals surface area (Å²) >= 11 is 0. The van der Waals surface area contributed by atoms with Gasteiger partial charge in [0.15, 0.2) is 0 Å². The first-order valence-electron chi connectivity index (χ1n) is 5.18. The van der Waals surface area contributed by atoms with Crippen LogP contribution < -0.4 is 11.1 Å². The fourth-order valence-corrected chi connectivity index (χ4v) is 1.52. The SMILES string of the molecule is CCCC(N)CNC(=O)C1CC1C. The van der Waals surface area contributed by atoms with Crippen LogP contribution >= 0.6 is 0 Å². The number of hydrogen-bond acceptors (Lipinski definition) is 2. The van der Waals surface area contributed by atoms with Crippen molar-refractivity contribution < 1.29 is 4.79 Å². The van der Waals surface area contributed by atoms with Crippen LogP contribution in [0.3, 0.4) is 0 Å². The predicted octanol–water partition coefficient (Wildman–Crippen LogP) is 0.886. The molecule has 0 bridgehead atoms. The second-order valence-corrected chi connectivity index (χ2v) is 4.11. The van der Waals surface area contributed by atoms with Crippen LogP contribution in [0, 0.1) is 11.8 Å². The van der Waals surface area contributed by atoms with E-state index in [2.05, 4.69) is 19.2 Å². The molecule has 0 radical (unpaired) electrons. The standard InChI is InChI=1S/C10H20N2O/c1-3-4-8(11)6-12-10(13)9-5-7(9)2/h7-9H,3-6,11H2,1-2H3,(H,12,13). The van der Waals surface area contributed by atoms with Crippen LogP contribution in [-0.4, -0.2) is 18.5 Å². The molecule has 3 unspecified atom stereocenters. The number of rotatable bonds is 5. The maximum Gasteiger partial charge on any atom is 0.223 e. The Bertz CT molecular complexity index is 182. The number of carbonyl (C=O) groups is 1. The van der Waals surface area contributed by atoms with E-state index in [1.54, 1.807) is 0 Å². The van der Waals surface area contributed by atoms with E-state index in [1.807, 2.05) is 0 Å². The average molecular weight is 184 g/mol. The van der Waals surface area contributed by atoms with Crippen molar-refractivity contribution in [2.75, 3.05) is 6.54 Å². The molecule has 1 rings (SSSR count). The van der Waals surface area contributed by atoms with Crippen molar-refractivity contribution >= 4 is 5.91 Å². The molecule has 1 amide bonds. The summed E-state index contributed by atoms with van der Waals surface area (Å²) in [5, 5.41) is 2.90. The summed E-state index contributed by atoms with van der Waals surface area (Å²) in [5.41, 5.74) is 5.77. The second kappa shape index (κ2) is 4.61. The van der Waals surface area contributed by atoms with Crippen molar-refractivity contribution in [3.63, 3.8) is 0 Å². The van der Waals surface area contributed by atoms with Crippen LogP contribution in [-0.2, 0) is 4.79 Å². The molecule has 0 saturated heterocycles. The molecule has 0 aromatic rings. The second-order valence-electron chi connectivity index (χ2n) is 4.11. The topological polar surface area (TPSA) is 55.1 Å². The van der Waals surface area contributed by atoms with Crippen LogP contribution in [0.5, 0.6) is 0 Å². The van der Waals surface area contributed by atoms with Crippen molar-refractivity contribution in [3.05, 3.63) is 0 Å². The molecule has 3 nitrogen and oxygen atoms in total. The van der Waals surface area contributed by atoms with E-state index in [0.717, 1.165) is 19.3 Å². The quantitative estimate of drug-likeness (QED) is 0.666. The Hall–Kier alpha value is -0.570. The Morgan fingerprint density at radius 1 is 1.69 bits per heavy atom. The molecule has 1 aliphatic rings. The van der Waals surface area contributed by atoms with Gasteiger partial charge in [-0.1, -0.05) is 20.3 Å². The van der Waals surface area contributed by atoms with Gasteiger partial charge >= 0.3 is 0 Å². The van der Waals surface area contributed by atoms with Gasteiger partial charge in [0.25, 0.3) is 0 Å². The zero-order valence-corrected chi connectivity index (χ0v) is 8.55. The first kappa shape index (κ1) is 10.5. The van der Waals surface area contributed by atoms with Gasteiger partial charge in [-0.05, 0) is 18.8 Å². The molecule has 3 N–H and O–H groups in total. The molecule has 13 heavy (non-hydrogen) atoms. The van der Waals surface area contributed by atoms with Gasteiger partial charge in [-0.15, -0.1) is 0 Å². The lowest BCUT2D eigenvalue weighted by atomic mass is 10.2. The zero-order valence-electron chi connectivity index (χ0n) is 8.55. The monoisotopic (exact) mass is 184 g/mol. The van der Waals surface area contributed by atoms with Crippen molar-refractivity contribution in [1.29, 1.82) is 0 Å². The Morgan fingerprint density at radius 3 is 2.77 bits per heavy atom. The third-order valence-corrected chi connectivity index (χ3v) is 2.64. The number of nitrogens with two attached hydrogens (primary N) is 1. The molecule has 3 heteroatoms. The Morgan fingerprint density at radius 2 is 2.31 bits per heavy atom. The summed E-state index contributed by atoms with van der Waals surface area (Å²) in [6.07, 6.45) is 3.12. The molecule has 1 saturated carbocycles. The summed E-state index contributed by atoms with van der Waals surface area (Å²) in [7, 11) is 0. The van der Waals surface area contributed by atoms with Gasteiger partial charge in [-0.25, -0.2) is 0 Å². The predicted molar refractivity (Wildman–Crippen MR) is 53.2 cm³/mol. The van der Waals surface area contributed by atoms with Gasteiger partial charge in [0.1, 0.15) is 0 Å².